The van der Waals surface area contributed by atoms with Gasteiger partial charge >= 0.3 is 0 Å². The van der Waals surface area contributed by atoms with Crippen LogP contribution in [0.2, 0.25) is 0 Å². The molecule has 3 rings (SSSR count). The third kappa shape index (κ3) is 5.10. The van der Waals surface area contributed by atoms with Crippen LogP contribution in [0.5, 0.6) is 0 Å². The molecule has 0 aliphatic heterocycles. The molecule has 0 saturated heterocycles. The van der Waals surface area contributed by atoms with E-state index < -0.39 is 0 Å². The van der Waals surface area contributed by atoms with Gasteiger partial charge in [-0.1, -0.05) is 61.9 Å². The Morgan fingerprint density at radius 1 is 1.00 bits per heavy atom. The molecule has 1 heterocycles. The first-order chi connectivity index (χ1) is 13.7. The van der Waals surface area contributed by atoms with Crippen LogP contribution in [0.15, 0.2) is 90.2 Å². The zero-order valence-electron chi connectivity index (χ0n) is 17.3. The minimum atomic E-state index is 0.986. The number of para-hydroxylation sites is 1. The van der Waals surface area contributed by atoms with Crippen molar-refractivity contribution in [2.45, 2.75) is 32.7 Å². The topological polar surface area (TPSA) is 7.12 Å². The lowest BCUT2D eigenvalue weighted by atomic mass is 10.1. The number of hydrogen-bond donors (Lipinski definition) is 0. The van der Waals surface area contributed by atoms with Crippen molar-refractivity contribution >= 4 is 17.0 Å². The summed E-state index contributed by atoms with van der Waals surface area (Å²) < 4.78 is 2.43. The second-order valence-electron chi connectivity index (χ2n) is 7.37. The first kappa shape index (κ1) is 19.9. The first-order valence-corrected chi connectivity index (χ1v) is 10.2. The van der Waals surface area contributed by atoms with Gasteiger partial charge in [-0.2, -0.15) is 4.57 Å². The van der Waals surface area contributed by atoms with E-state index >= 15 is 0 Å². The molecule has 0 N–H and O–H groups in total. The van der Waals surface area contributed by atoms with Crippen molar-refractivity contribution in [1.82, 2.24) is 4.90 Å². The van der Waals surface area contributed by atoms with Gasteiger partial charge in [0.05, 0.1) is 0 Å². The predicted octanol–water partition coefficient (Wildman–Crippen LogP) is 5.83. The zero-order chi connectivity index (χ0) is 19.8. The number of nitrogens with zero attached hydrogens (tertiary/aromatic N) is 2. The van der Waals surface area contributed by atoms with Gasteiger partial charge in [-0.25, -0.2) is 0 Å². The van der Waals surface area contributed by atoms with Crippen molar-refractivity contribution in [3.8, 4) is 0 Å². The molecule has 1 aliphatic rings. The Balaban J connectivity index is 1.72. The third-order valence-corrected chi connectivity index (χ3v) is 5.04. The number of aromatic nitrogens is 1. The summed E-state index contributed by atoms with van der Waals surface area (Å²) in [6, 6.07) is 13.1. The molecule has 1 aromatic carbocycles. The van der Waals surface area contributed by atoms with Crippen LogP contribution < -0.4 is 4.57 Å². The summed E-state index contributed by atoms with van der Waals surface area (Å²) >= 11 is 0. The van der Waals surface area contributed by atoms with E-state index in [1.165, 1.54) is 40.7 Å². The van der Waals surface area contributed by atoms with Crippen molar-refractivity contribution < 1.29 is 4.57 Å². The number of rotatable bonds is 7. The summed E-state index contributed by atoms with van der Waals surface area (Å²) in [5.41, 5.74) is 5.16. The van der Waals surface area contributed by atoms with Crippen LogP contribution in [-0.4, -0.2) is 19.0 Å². The summed E-state index contributed by atoms with van der Waals surface area (Å²) in [5, 5.41) is 1.30. The molecule has 2 nitrogen and oxygen atoms in total. The molecule has 28 heavy (non-hydrogen) atoms. The van der Waals surface area contributed by atoms with E-state index in [1.54, 1.807) is 0 Å². The molecule has 0 saturated carbocycles. The Bertz CT molecular complexity index is 956. The van der Waals surface area contributed by atoms with Crippen LogP contribution in [0.25, 0.3) is 17.0 Å². The van der Waals surface area contributed by atoms with Crippen molar-refractivity contribution in [3.63, 3.8) is 0 Å². The van der Waals surface area contributed by atoms with Gasteiger partial charge in [-0.3, -0.25) is 0 Å². The number of hydrogen-bond acceptors (Lipinski definition) is 1. The Kier molecular flexibility index (Phi) is 7.02. The Morgan fingerprint density at radius 3 is 2.61 bits per heavy atom. The maximum Gasteiger partial charge on any atom is 0.212 e. The molecule has 0 fully saturated rings. The normalized spacial score (nSPS) is 15.8. The highest BCUT2D eigenvalue weighted by molar-refractivity contribution is 5.76. The number of unbranched alkanes of at least 4 members (excludes halogenated alkanes) is 1. The second kappa shape index (κ2) is 9.89. The molecule has 1 aromatic heterocycles. The largest absolute Gasteiger partial charge is 0.378 e. The van der Waals surface area contributed by atoms with Gasteiger partial charge in [0.2, 0.25) is 11.2 Å². The molecule has 0 atom stereocenters. The first-order valence-electron chi connectivity index (χ1n) is 10.2. The van der Waals surface area contributed by atoms with Crippen LogP contribution in [-0.2, 0) is 6.54 Å². The highest BCUT2D eigenvalue weighted by Gasteiger charge is 2.12. The van der Waals surface area contributed by atoms with Crippen molar-refractivity contribution in [2.75, 3.05) is 14.1 Å². The number of pyridine rings is 1. The van der Waals surface area contributed by atoms with Crippen molar-refractivity contribution in [2.24, 2.45) is 0 Å². The average molecular weight is 372 g/mol. The van der Waals surface area contributed by atoms with E-state index in [0.29, 0.717) is 0 Å². The fourth-order valence-electron chi connectivity index (χ4n) is 3.39. The standard InChI is InChI=1S/C26H31N2/c1-4-5-21-28-25(20-17-23-12-9-10-14-26(23)28)13-8-6-7-11-22-15-18-24(19-16-22)27(2)3/h6-15,17-20H,4-5,16,21H2,1-3H3/q+1. The molecule has 0 spiro atoms. The Hall–Kier alpha value is -2.87. The van der Waals surface area contributed by atoms with Crippen molar-refractivity contribution in [1.29, 1.82) is 0 Å². The van der Waals surface area contributed by atoms with Gasteiger partial charge < -0.3 is 4.90 Å². The van der Waals surface area contributed by atoms with Crippen LogP contribution in [0.4, 0.5) is 0 Å². The Morgan fingerprint density at radius 2 is 1.86 bits per heavy atom. The summed E-state index contributed by atoms with van der Waals surface area (Å²) in [5.74, 6) is 0. The minimum absolute atomic E-state index is 0.986. The van der Waals surface area contributed by atoms with E-state index in [1.807, 2.05) is 0 Å². The molecule has 0 unspecified atom stereocenters. The maximum atomic E-state index is 2.43. The zero-order valence-corrected chi connectivity index (χ0v) is 17.3. The quantitative estimate of drug-likeness (QED) is 0.439. The summed E-state index contributed by atoms with van der Waals surface area (Å²) in [4.78, 5) is 2.14. The van der Waals surface area contributed by atoms with Crippen LogP contribution >= 0.6 is 0 Å². The van der Waals surface area contributed by atoms with E-state index in [4.69, 9.17) is 0 Å². The van der Waals surface area contributed by atoms with Crippen LogP contribution in [0, 0.1) is 0 Å². The molecular formula is C26H31N2+. The summed E-state index contributed by atoms with van der Waals surface area (Å²) in [6.07, 6.45) is 20.8. The molecule has 1 aliphatic carbocycles. The maximum absolute atomic E-state index is 2.43. The number of likely N-dealkylation sites (N-methyl/N-ethyl adjacent to an activating group) is 1. The third-order valence-electron chi connectivity index (χ3n) is 5.04. The SMILES string of the molecule is CCCC[n+]1c(C=CC=CC=C2C=CC(N(C)C)=CC2)ccc2ccccc21. The van der Waals surface area contributed by atoms with E-state index in [9.17, 15) is 0 Å². The highest BCUT2D eigenvalue weighted by Crippen LogP contribution is 2.17. The van der Waals surface area contributed by atoms with Gasteiger partial charge in [0.15, 0.2) is 0 Å². The van der Waals surface area contributed by atoms with Crippen LogP contribution in [0.3, 0.4) is 0 Å². The van der Waals surface area contributed by atoms with E-state index in [-0.39, 0.29) is 0 Å². The molecule has 2 aromatic rings. The van der Waals surface area contributed by atoms with Crippen LogP contribution in [0.1, 0.15) is 31.9 Å². The van der Waals surface area contributed by atoms with Gasteiger partial charge in [0.25, 0.3) is 0 Å². The van der Waals surface area contributed by atoms with Gasteiger partial charge in [0.1, 0.15) is 6.54 Å². The smallest absolute Gasteiger partial charge is 0.212 e. The molecule has 144 valence electrons. The number of fused-ring (bicyclic) bond motifs is 1. The molecule has 0 radical (unpaired) electrons. The minimum Gasteiger partial charge on any atom is -0.378 e. The molecule has 0 amide bonds. The fourth-order valence-corrected chi connectivity index (χ4v) is 3.39. The summed E-state index contributed by atoms with van der Waals surface area (Å²) in [6.45, 7) is 3.30. The highest BCUT2D eigenvalue weighted by atomic mass is 15.1. The number of benzene rings is 1. The predicted molar refractivity (Wildman–Crippen MR) is 121 cm³/mol. The number of aryl methyl sites for hydroxylation is 1. The van der Waals surface area contributed by atoms with Gasteiger partial charge in [0, 0.05) is 49.8 Å². The summed E-state index contributed by atoms with van der Waals surface area (Å²) in [7, 11) is 4.16. The number of allylic oxidation sites excluding steroid dienone is 8. The van der Waals surface area contributed by atoms with E-state index in [0.717, 1.165) is 13.0 Å². The lowest BCUT2D eigenvalue weighted by Crippen LogP contribution is -2.37. The van der Waals surface area contributed by atoms with Crippen molar-refractivity contribution in [3.05, 3.63) is 95.9 Å². The lowest BCUT2D eigenvalue weighted by Gasteiger charge is -2.16. The lowest BCUT2D eigenvalue weighted by molar-refractivity contribution is -0.673. The van der Waals surface area contributed by atoms with Gasteiger partial charge in [-0.15, -0.1) is 0 Å². The Labute approximate surface area is 169 Å². The average Bonchev–Trinajstić information content (AvgIpc) is 2.72. The van der Waals surface area contributed by atoms with E-state index in [2.05, 4.69) is 115 Å². The monoisotopic (exact) mass is 371 g/mol. The molecule has 0 bridgehead atoms. The second-order valence-corrected chi connectivity index (χ2v) is 7.37. The fraction of sp³-hybridized carbons (Fsp3) is 0.269. The molecule has 2 heteroatoms. The van der Waals surface area contributed by atoms with Gasteiger partial charge in [-0.05, 0) is 30.2 Å². The molecular weight excluding hydrogens is 340 g/mol.